The molecule has 0 aliphatic carbocycles. The van der Waals surface area contributed by atoms with Crippen LogP contribution in [0.25, 0.3) is 11.1 Å². The Morgan fingerprint density at radius 2 is 0.984 bits per heavy atom. The molecule has 13 nitrogen and oxygen atoms in total. The zero-order chi connectivity index (χ0) is 44.8. The van der Waals surface area contributed by atoms with E-state index in [2.05, 4.69) is 31.6 Å². The average Bonchev–Trinajstić information content (AvgIpc) is 3.30. The number of nitrogens with two attached hydrogens (primary N) is 2. The first kappa shape index (κ1) is 47.1. The lowest BCUT2D eigenvalue weighted by Gasteiger charge is -2.27. The van der Waals surface area contributed by atoms with Gasteiger partial charge in [-0.2, -0.15) is 11.8 Å². The molecule has 0 bridgehead atoms. The summed E-state index contributed by atoms with van der Waals surface area (Å²) >= 11 is 1.37. The third-order valence-corrected chi connectivity index (χ3v) is 10.8. The van der Waals surface area contributed by atoms with E-state index < -0.39 is 47.8 Å². The highest BCUT2D eigenvalue weighted by Crippen LogP contribution is 2.19. The standard InChI is InChI=1S/C49H56N8O5S/c1-63-33-43(54-44(58)31-36-24-26-39(27-25-36)38-21-12-5-13-22-38)48(62)55-40(23-14-28-52-49(50)51)46(60)57-42(30-35-17-8-3-9-18-35)47(61)56-41(29-34-15-6-2-7-16-34)45(59)53-32-37-19-10-4-11-20-37/h2-13,15-22,24-27,40-43H,14,23,28-33H2,1H3,(H,53,59)(H,54,58)(H,55,62)(H,56,61)(H,57,60)(H4,50,51,52)/t40-,41?,42?,43?/m1/s1. The molecular weight excluding hydrogens is 813 g/mol. The van der Waals surface area contributed by atoms with E-state index in [1.807, 2.05) is 152 Å². The van der Waals surface area contributed by atoms with Crippen molar-refractivity contribution in [2.24, 2.45) is 16.5 Å². The number of thioether (sulfide) groups is 1. The van der Waals surface area contributed by atoms with Gasteiger partial charge in [0.25, 0.3) is 0 Å². The molecular formula is C49H56N8O5S. The largest absolute Gasteiger partial charge is 0.370 e. The molecule has 14 heteroatoms. The van der Waals surface area contributed by atoms with Crippen LogP contribution in [-0.4, -0.2) is 78.2 Å². The van der Waals surface area contributed by atoms with Gasteiger partial charge in [-0.3, -0.25) is 29.0 Å². The Morgan fingerprint density at radius 3 is 1.52 bits per heavy atom. The number of aliphatic imine (C=N–C) groups is 1. The van der Waals surface area contributed by atoms with Crippen molar-refractivity contribution in [2.45, 2.75) is 62.8 Å². The van der Waals surface area contributed by atoms with Gasteiger partial charge in [-0.15, -0.1) is 0 Å². The van der Waals surface area contributed by atoms with Crippen molar-refractivity contribution in [3.63, 3.8) is 0 Å². The topological polar surface area (TPSA) is 210 Å². The minimum Gasteiger partial charge on any atom is -0.370 e. The summed E-state index contributed by atoms with van der Waals surface area (Å²) in [5.41, 5.74) is 16.4. The summed E-state index contributed by atoms with van der Waals surface area (Å²) in [5, 5.41) is 14.4. The Bertz CT molecular complexity index is 2240. The molecule has 328 valence electrons. The third kappa shape index (κ3) is 16.1. The molecule has 0 heterocycles. The maximum absolute atomic E-state index is 14.3. The van der Waals surface area contributed by atoms with Crippen LogP contribution in [-0.2, 0) is 49.8 Å². The maximum Gasteiger partial charge on any atom is 0.244 e. The third-order valence-electron chi connectivity index (χ3n) is 10.1. The van der Waals surface area contributed by atoms with Gasteiger partial charge in [0.05, 0.1) is 6.42 Å². The van der Waals surface area contributed by atoms with Crippen LogP contribution in [0.1, 0.15) is 35.1 Å². The predicted octanol–water partition coefficient (Wildman–Crippen LogP) is 4.05. The zero-order valence-electron chi connectivity index (χ0n) is 35.4. The highest BCUT2D eigenvalue weighted by molar-refractivity contribution is 7.98. The van der Waals surface area contributed by atoms with E-state index in [-0.39, 0.29) is 56.4 Å². The number of hydrogen-bond donors (Lipinski definition) is 7. The Kier molecular flexibility index (Phi) is 18.8. The molecule has 0 saturated heterocycles. The quantitative estimate of drug-likeness (QED) is 0.0289. The number of amides is 5. The van der Waals surface area contributed by atoms with Gasteiger partial charge >= 0.3 is 0 Å². The molecule has 5 aromatic carbocycles. The molecule has 5 aromatic rings. The summed E-state index contributed by atoms with van der Waals surface area (Å²) in [4.78, 5) is 73.6. The van der Waals surface area contributed by atoms with E-state index in [1.54, 1.807) is 0 Å². The van der Waals surface area contributed by atoms with Crippen molar-refractivity contribution in [1.82, 2.24) is 26.6 Å². The summed E-state index contributed by atoms with van der Waals surface area (Å²) in [5.74, 6) is -2.42. The molecule has 5 amide bonds. The van der Waals surface area contributed by atoms with Gasteiger partial charge in [0.2, 0.25) is 29.5 Å². The van der Waals surface area contributed by atoms with Crippen molar-refractivity contribution in [3.8, 4) is 11.1 Å². The number of guanidine groups is 1. The smallest absolute Gasteiger partial charge is 0.244 e. The summed E-state index contributed by atoms with van der Waals surface area (Å²) in [6.07, 6.45) is 2.57. The molecule has 0 saturated carbocycles. The molecule has 5 rings (SSSR count). The molecule has 0 spiro atoms. The van der Waals surface area contributed by atoms with Crippen LogP contribution in [0, 0.1) is 0 Å². The van der Waals surface area contributed by atoms with Crippen LogP contribution in [0.5, 0.6) is 0 Å². The van der Waals surface area contributed by atoms with Crippen LogP contribution < -0.4 is 38.1 Å². The first-order valence-corrected chi connectivity index (χ1v) is 22.3. The number of benzene rings is 5. The number of nitrogens with one attached hydrogen (secondary N) is 5. The molecule has 0 aliphatic rings. The maximum atomic E-state index is 14.3. The molecule has 9 N–H and O–H groups in total. The first-order valence-electron chi connectivity index (χ1n) is 20.9. The Morgan fingerprint density at radius 1 is 0.524 bits per heavy atom. The van der Waals surface area contributed by atoms with Crippen LogP contribution in [0.3, 0.4) is 0 Å². The fourth-order valence-electron chi connectivity index (χ4n) is 6.84. The molecule has 0 aromatic heterocycles. The van der Waals surface area contributed by atoms with Crippen molar-refractivity contribution in [3.05, 3.63) is 168 Å². The molecule has 0 aliphatic heterocycles. The summed E-state index contributed by atoms with van der Waals surface area (Å²) in [6, 6.07) is 41.3. The number of carbonyl (C=O) groups excluding carboxylic acids is 5. The van der Waals surface area contributed by atoms with Crippen LogP contribution in [0.2, 0.25) is 0 Å². The van der Waals surface area contributed by atoms with E-state index in [4.69, 9.17) is 11.5 Å². The molecule has 0 fully saturated rings. The molecule has 0 radical (unpaired) electrons. The molecule has 4 atom stereocenters. The second-order valence-electron chi connectivity index (χ2n) is 15.0. The fraction of sp³-hybridized carbons (Fsp3) is 0.265. The number of nitrogens with zero attached hydrogens (tertiary/aromatic N) is 1. The van der Waals surface area contributed by atoms with Crippen LogP contribution in [0.4, 0.5) is 0 Å². The van der Waals surface area contributed by atoms with Gasteiger partial charge in [0.1, 0.15) is 24.2 Å². The first-order chi connectivity index (χ1) is 30.6. The van der Waals surface area contributed by atoms with Crippen LogP contribution >= 0.6 is 11.8 Å². The van der Waals surface area contributed by atoms with Crippen molar-refractivity contribution in [2.75, 3.05) is 18.6 Å². The second kappa shape index (κ2) is 25.1. The lowest BCUT2D eigenvalue weighted by Crippen LogP contribution is -2.59. The van der Waals surface area contributed by atoms with Gasteiger partial charge in [-0.05, 0) is 52.5 Å². The SMILES string of the molecule is CSCC(NC(=O)Cc1ccc(-c2ccccc2)cc1)C(=O)N[C@H](CCCN=C(N)N)C(=O)NC(Cc1ccccc1)C(=O)NC(Cc1ccccc1)C(=O)NCc1ccccc1. The van der Waals surface area contributed by atoms with Crippen molar-refractivity contribution < 1.29 is 24.0 Å². The second-order valence-corrected chi connectivity index (χ2v) is 15.9. The number of hydrogen-bond acceptors (Lipinski definition) is 7. The normalized spacial score (nSPS) is 12.7. The van der Waals surface area contributed by atoms with E-state index in [1.165, 1.54) is 11.8 Å². The Balaban J connectivity index is 1.32. The summed E-state index contributed by atoms with van der Waals surface area (Å²) < 4.78 is 0. The van der Waals surface area contributed by atoms with E-state index >= 15 is 0 Å². The van der Waals surface area contributed by atoms with Gasteiger partial charge in [0.15, 0.2) is 5.96 Å². The molecule has 3 unspecified atom stereocenters. The van der Waals surface area contributed by atoms with Gasteiger partial charge in [-0.25, -0.2) is 0 Å². The number of carbonyl (C=O) groups is 5. The summed E-state index contributed by atoms with van der Waals surface area (Å²) in [6.45, 7) is 0.440. The highest BCUT2D eigenvalue weighted by atomic mass is 32.2. The molecule has 63 heavy (non-hydrogen) atoms. The number of rotatable bonds is 23. The van der Waals surface area contributed by atoms with Crippen molar-refractivity contribution in [1.29, 1.82) is 0 Å². The monoisotopic (exact) mass is 868 g/mol. The highest BCUT2D eigenvalue weighted by Gasteiger charge is 2.31. The van der Waals surface area contributed by atoms with Crippen molar-refractivity contribution >= 4 is 47.3 Å². The van der Waals surface area contributed by atoms with E-state index in [9.17, 15) is 24.0 Å². The Labute approximate surface area is 373 Å². The predicted molar refractivity (Wildman–Crippen MR) is 250 cm³/mol. The fourth-order valence-corrected chi connectivity index (χ4v) is 7.41. The Hall–Kier alpha value is -6.93. The lowest BCUT2D eigenvalue weighted by atomic mass is 10.0. The average molecular weight is 869 g/mol. The van der Waals surface area contributed by atoms with E-state index in [0.29, 0.717) is 6.42 Å². The zero-order valence-corrected chi connectivity index (χ0v) is 36.2. The van der Waals surface area contributed by atoms with Crippen LogP contribution in [0.15, 0.2) is 151 Å². The minimum absolute atomic E-state index is 0.0431. The lowest BCUT2D eigenvalue weighted by molar-refractivity contribution is -0.134. The summed E-state index contributed by atoms with van der Waals surface area (Å²) in [7, 11) is 0. The van der Waals surface area contributed by atoms with Gasteiger partial charge in [-0.1, -0.05) is 146 Å². The van der Waals surface area contributed by atoms with Gasteiger partial charge < -0.3 is 38.1 Å². The van der Waals surface area contributed by atoms with E-state index in [0.717, 1.165) is 33.4 Å². The van der Waals surface area contributed by atoms with Gasteiger partial charge in [0, 0.05) is 31.7 Å². The minimum atomic E-state index is -1.15.